The third kappa shape index (κ3) is 2.80. The van der Waals surface area contributed by atoms with E-state index in [-0.39, 0.29) is 0 Å². The van der Waals surface area contributed by atoms with Crippen molar-refractivity contribution >= 4 is 0 Å². The van der Waals surface area contributed by atoms with Crippen molar-refractivity contribution in [2.75, 3.05) is 0 Å². The van der Waals surface area contributed by atoms with Crippen molar-refractivity contribution in [1.82, 2.24) is 0 Å². The van der Waals surface area contributed by atoms with E-state index in [1.807, 2.05) is 0 Å². The zero-order chi connectivity index (χ0) is 9.14. The van der Waals surface area contributed by atoms with Gasteiger partial charge in [-0.3, -0.25) is 0 Å². The van der Waals surface area contributed by atoms with Crippen LogP contribution in [0.1, 0.15) is 53.4 Å². The van der Waals surface area contributed by atoms with Crippen LogP contribution in [-0.2, 0) is 0 Å². The molecule has 3 atom stereocenters. The zero-order valence-corrected chi connectivity index (χ0v) is 9.14. The van der Waals surface area contributed by atoms with Crippen molar-refractivity contribution in [1.29, 1.82) is 0 Å². The molecule has 1 aliphatic rings. The molecule has 3 unspecified atom stereocenters. The van der Waals surface area contributed by atoms with Gasteiger partial charge >= 0.3 is 0 Å². The van der Waals surface area contributed by atoms with Gasteiger partial charge in [-0.2, -0.15) is 0 Å². The van der Waals surface area contributed by atoms with Crippen LogP contribution < -0.4 is 0 Å². The van der Waals surface area contributed by atoms with Crippen molar-refractivity contribution in [3.63, 3.8) is 0 Å². The third-order valence-electron chi connectivity index (χ3n) is 3.38. The highest BCUT2D eigenvalue weighted by Crippen LogP contribution is 2.39. The Bertz CT molecular complexity index is 126. The Morgan fingerprint density at radius 3 is 2.17 bits per heavy atom. The molecule has 1 saturated carbocycles. The first-order valence-corrected chi connectivity index (χ1v) is 5.59. The molecule has 0 saturated heterocycles. The lowest BCUT2D eigenvalue weighted by Crippen LogP contribution is -2.25. The summed E-state index contributed by atoms with van der Waals surface area (Å²) < 4.78 is 0. The summed E-state index contributed by atoms with van der Waals surface area (Å²) in [5, 5.41) is 0. The smallest absolute Gasteiger partial charge is 0.0386 e. The van der Waals surface area contributed by atoms with Crippen molar-refractivity contribution in [2.45, 2.75) is 53.4 Å². The lowest BCUT2D eigenvalue weighted by atomic mass is 9.70. The summed E-state index contributed by atoms with van der Waals surface area (Å²) in [4.78, 5) is 0. The number of rotatable bonds is 4. The Morgan fingerprint density at radius 2 is 1.83 bits per heavy atom. The van der Waals surface area contributed by atoms with Crippen LogP contribution in [0.15, 0.2) is 0 Å². The molecule has 0 nitrogen and oxygen atoms in total. The summed E-state index contributed by atoms with van der Waals surface area (Å²) in [5.74, 6) is 3.94. The summed E-state index contributed by atoms with van der Waals surface area (Å²) in [7, 11) is 0. The molecule has 0 heteroatoms. The molecule has 1 rings (SSSR count). The molecule has 0 aliphatic heterocycles. The third-order valence-corrected chi connectivity index (χ3v) is 3.38. The minimum atomic E-state index is 0.885. The van der Waals surface area contributed by atoms with Crippen LogP contribution in [-0.4, -0.2) is 0 Å². The minimum absolute atomic E-state index is 0.885. The second kappa shape index (κ2) is 4.30. The first kappa shape index (κ1) is 10.1. The van der Waals surface area contributed by atoms with E-state index in [0.717, 1.165) is 23.7 Å². The lowest BCUT2D eigenvalue weighted by molar-refractivity contribution is 0.154. The molecule has 0 amide bonds. The minimum Gasteiger partial charge on any atom is -0.0628 e. The fourth-order valence-electron chi connectivity index (χ4n) is 2.50. The molecule has 72 valence electrons. The maximum Gasteiger partial charge on any atom is -0.0386 e. The summed E-state index contributed by atoms with van der Waals surface area (Å²) >= 11 is 0. The summed E-state index contributed by atoms with van der Waals surface area (Å²) in [6.45, 7) is 9.50. The largest absolute Gasteiger partial charge is 0.0628 e. The first-order valence-electron chi connectivity index (χ1n) is 5.59. The fraction of sp³-hybridized carbons (Fsp3) is 1.00. The maximum atomic E-state index is 2.42. The van der Waals surface area contributed by atoms with E-state index in [9.17, 15) is 0 Å². The highest BCUT2D eigenvalue weighted by molar-refractivity contribution is 4.78. The van der Waals surface area contributed by atoms with Crippen LogP contribution in [0.2, 0.25) is 0 Å². The van der Waals surface area contributed by atoms with Crippen LogP contribution in [0, 0.1) is 23.7 Å². The van der Waals surface area contributed by atoms with Crippen LogP contribution in [0.25, 0.3) is 0 Å². The van der Waals surface area contributed by atoms with Gasteiger partial charge in [-0.1, -0.05) is 34.1 Å². The molecule has 0 bridgehead atoms. The Hall–Kier alpha value is 0. The number of hydrogen-bond donors (Lipinski definition) is 0. The van der Waals surface area contributed by atoms with E-state index >= 15 is 0 Å². The van der Waals surface area contributed by atoms with Crippen LogP contribution in [0.3, 0.4) is 0 Å². The molecule has 12 heavy (non-hydrogen) atoms. The molecule has 0 aromatic heterocycles. The van der Waals surface area contributed by atoms with E-state index < -0.39 is 0 Å². The van der Waals surface area contributed by atoms with Crippen molar-refractivity contribution in [3.05, 3.63) is 0 Å². The lowest BCUT2D eigenvalue weighted by Gasteiger charge is -2.36. The Kier molecular flexibility index (Phi) is 3.61. The summed E-state index contributed by atoms with van der Waals surface area (Å²) in [6.07, 6.45) is 5.89. The van der Waals surface area contributed by atoms with Gasteiger partial charge in [-0.15, -0.1) is 0 Å². The fourth-order valence-corrected chi connectivity index (χ4v) is 2.50. The van der Waals surface area contributed by atoms with Gasteiger partial charge < -0.3 is 0 Å². The van der Waals surface area contributed by atoms with Gasteiger partial charge in [0.15, 0.2) is 0 Å². The predicted octanol–water partition coefficient (Wildman–Crippen LogP) is 4.10. The second-order valence-electron chi connectivity index (χ2n) is 5.29. The van der Waals surface area contributed by atoms with E-state index in [1.165, 1.54) is 25.7 Å². The van der Waals surface area contributed by atoms with Crippen molar-refractivity contribution < 1.29 is 0 Å². The van der Waals surface area contributed by atoms with E-state index in [0.29, 0.717) is 0 Å². The molecule has 0 aromatic rings. The zero-order valence-electron chi connectivity index (χ0n) is 9.14. The van der Waals surface area contributed by atoms with Gasteiger partial charge in [-0.25, -0.2) is 0 Å². The van der Waals surface area contributed by atoms with Crippen LogP contribution in [0.5, 0.6) is 0 Å². The Morgan fingerprint density at radius 1 is 1.17 bits per heavy atom. The molecule has 0 radical (unpaired) electrons. The Balaban J connectivity index is 2.13. The van der Waals surface area contributed by atoms with Crippen LogP contribution in [0.4, 0.5) is 0 Å². The highest BCUT2D eigenvalue weighted by Gasteiger charge is 2.27. The monoisotopic (exact) mass is 168 g/mol. The van der Waals surface area contributed by atoms with Gasteiger partial charge in [-0.05, 0) is 42.9 Å². The molecular formula is C12H24. The van der Waals surface area contributed by atoms with Gasteiger partial charge in [0.2, 0.25) is 0 Å². The van der Waals surface area contributed by atoms with E-state index in [4.69, 9.17) is 0 Å². The highest BCUT2D eigenvalue weighted by atomic mass is 14.3. The van der Waals surface area contributed by atoms with Gasteiger partial charge in [0, 0.05) is 0 Å². The quantitative estimate of drug-likeness (QED) is 0.592. The van der Waals surface area contributed by atoms with E-state index in [1.54, 1.807) is 0 Å². The molecule has 0 heterocycles. The topological polar surface area (TPSA) is 0 Å². The SMILES string of the molecule is CC(C)CC(C)CC1CCC1C. The number of hydrogen-bond acceptors (Lipinski definition) is 0. The van der Waals surface area contributed by atoms with Gasteiger partial charge in [0.25, 0.3) is 0 Å². The van der Waals surface area contributed by atoms with Gasteiger partial charge in [0.05, 0.1) is 0 Å². The predicted molar refractivity (Wildman–Crippen MR) is 55.1 cm³/mol. The molecular weight excluding hydrogens is 144 g/mol. The molecule has 1 fully saturated rings. The second-order valence-corrected chi connectivity index (χ2v) is 5.29. The van der Waals surface area contributed by atoms with E-state index in [2.05, 4.69) is 27.7 Å². The average Bonchev–Trinajstić information content (AvgIpc) is 1.96. The molecule has 0 aromatic carbocycles. The maximum absolute atomic E-state index is 2.42. The molecule has 0 N–H and O–H groups in total. The van der Waals surface area contributed by atoms with Crippen LogP contribution >= 0.6 is 0 Å². The summed E-state index contributed by atoms with van der Waals surface area (Å²) in [5.41, 5.74) is 0. The van der Waals surface area contributed by atoms with Gasteiger partial charge in [0.1, 0.15) is 0 Å². The standard InChI is InChI=1S/C12H24/c1-9(2)7-10(3)8-12-6-5-11(12)4/h9-12H,5-8H2,1-4H3. The van der Waals surface area contributed by atoms with Crippen molar-refractivity contribution in [2.24, 2.45) is 23.7 Å². The Labute approximate surface area is 77.7 Å². The summed E-state index contributed by atoms with van der Waals surface area (Å²) in [6, 6.07) is 0. The van der Waals surface area contributed by atoms with Crippen molar-refractivity contribution in [3.8, 4) is 0 Å². The molecule has 0 spiro atoms. The average molecular weight is 168 g/mol. The first-order chi connectivity index (χ1) is 5.59. The normalized spacial score (nSPS) is 31.8. The molecule has 1 aliphatic carbocycles.